The van der Waals surface area contributed by atoms with Crippen LogP contribution >= 0.6 is 22.9 Å². The SMILES string of the molecule is Cc1nc(Nc2ccccc2)sc1C(=O)NCc1ccc(Cl)cc1. The van der Waals surface area contributed by atoms with E-state index in [1.165, 1.54) is 11.3 Å². The fourth-order valence-corrected chi connectivity index (χ4v) is 3.20. The Hall–Kier alpha value is -2.37. The van der Waals surface area contributed by atoms with Gasteiger partial charge in [-0.25, -0.2) is 4.98 Å². The molecule has 0 saturated carbocycles. The lowest BCUT2D eigenvalue weighted by Gasteiger charge is -2.04. The molecule has 1 amide bonds. The number of carbonyl (C=O) groups excluding carboxylic acids is 1. The van der Waals surface area contributed by atoms with Gasteiger partial charge in [-0.05, 0) is 36.8 Å². The molecule has 0 aliphatic rings. The zero-order valence-electron chi connectivity index (χ0n) is 13.0. The molecule has 0 unspecified atom stereocenters. The molecule has 0 saturated heterocycles. The first kappa shape index (κ1) is 16.5. The summed E-state index contributed by atoms with van der Waals surface area (Å²) in [4.78, 5) is 17.4. The number of nitrogens with one attached hydrogen (secondary N) is 2. The highest BCUT2D eigenvalue weighted by molar-refractivity contribution is 7.17. The number of anilines is 2. The van der Waals surface area contributed by atoms with Gasteiger partial charge in [0.25, 0.3) is 5.91 Å². The molecule has 6 heteroatoms. The number of hydrogen-bond donors (Lipinski definition) is 2. The number of para-hydroxylation sites is 1. The summed E-state index contributed by atoms with van der Waals surface area (Å²) < 4.78 is 0. The average Bonchev–Trinajstić information content (AvgIpc) is 2.95. The van der Waals surface area contributed by atoms with Crippen LogP contribution in [-0.4, -0.2) is 10.9 Å². The van der Waals surface area contributed by atoms with Gasteiger partial charge in [0.05, 0.1) is 5.69 Å². The monoisotopic (exact) mass is 357 g/mol. The summed E-state index contributed by atoms with van der Waals surface area (Å²) in [7, 11) is 0. The summed E-state index contributed by atoms with van der Waals surface area (Å²) in [6.45, 7) is 2.29. The predicted octanol–water partition coefficient (Wildman–Crippen LogP) is 4.78. The molecule has 1 heterocycles. The number of aryl methyl sites for hydroxylation is 1. The summed E-state index contributed by atoms with van der Waals surface area (Å²) in [5.41, 5.74) is 2.66. The minimum atomic E-state index is -0.124. The molecule has 0 aliphatic heterocycles. The molecular weight excluding hydrogens is 342 g/mol. The van der Waals surface area contributed by atoms with E-state index in [-0.39, 0.29) is 5.91 Å². The maximum atomic E-state index is 12.4. The molecule has 24 heavy (non-hydrogen) atoms. The van der Waals surface area contributed by atoms with Gasteiger partial charge in [-0.15, -0.1) is 0 Å². The van der Waals surface area contributed by atoms with Crippen molar-refractivity contribution in [2.45, 2.75) is 13.5 Å². The topological polar surface area (TPSA) is 54.0 Å². The van der Waals surface area contributed by atoms with Gasteiger partial charge >= 0.3 is 0 Å². The van der Waals surface area contributed by atoms with Crippen LogP contribution < -0.4 is 10.6 Å². The van der Waals surface area contributed by atoms with E-state index in [1.807, 2.05) is 61.5 Å². The number of benzene rings is 2. The Morgan fingerprint density at radius 2 is 1.83 bits per heavy atom. The van der Waals surface area contributed by atoms with Crippen LogP contribution in [0.4, 0.5) is 10.8 Å². The fourth-order valence-electron chi connectivity index (χ4n) is 2.17. The lowest BCUT2D eigenvalue weighted by atomic mass is 10.2. The molecule has 0 radical (unpaired) electrons. The molecule has 3 aromatic rings. The smallest absolute Gasteiger partial charge is 0.263 e. The summed E-state index contributed by atoms with van der Waals surface area (Å²) in [5, 5.41) is 7.51. The number of rotatable bonds is 5. The number of nitrogens with zero attached hydrogens (tertiary/aromatic N) is 1. The number of hydrogen-bond acceptors (Lipinski definition) is 4. The standard InChI is InChI=1S/C18H16ClN3OS/c1-12-16(17(23)20-11-13-7-9-14(19)10-8-13)24-18(21-12)22-15-5-3-2-4-6-15/h2-10H,11H2,1H3,(H,20,23)(H,21,22). The van der Waals surface area contributed by atoms with Gasteiger partial charge < -0.3 is 10.6 Å². The highest BCUT2D eigenvalue weighted by Gasteiger charge is 2.15. The zero-order chi connectivity index (χ0) is 16.9. The van der Waals surface area contributed by atoms with E-state index in [0.29, 0.717) is 27.3 Å². The summed E-state index contributed by atoms with van der Waals surface area (Å²) in [6, 6.07) is 17.2. The van der Waals surface area contributed by atoms with Crippen LogP contribution in [0.15, 0.2) is 54.6 Å². The third kappa shape index (κ3) is 4.13. The Morgan fingerprint density at radius 1 is 1.12 bits per heavy atom. The van der Waals surface area contributed by atoms with Crippen molar-refractivity contribution in [2.24, 2.45) is 0 Å². The molecule has 4 nitrogen and oxygen atoms in total. The highest BCUT2D eigenvalue weighted by Crippen LogP contribution is 2.25. The molecular formula is C18H16ClN3OS. The number of halogens is 1. The van der Waals surface area contributed by atoms with Crippen molar-refractivity contribution in [2.75, 3.05) is 5.32 Å². The first-order valence-electron chi connectivity index (χ1n) is 7.44. The Bertz CT molecular complexity index is 831. The van der Waals surface area contributed by atoms with E-state index in [4.69, 9.17) is 11.6 Å². The lowest BCUT2D eigenvalue weighted by molar-refractivity contribution is 0.0954. The first-order chi connectivity index (χ1) is 11.6. The maximum Gasteiger partial charge on any atom is 0.263 e. The molecule has 0 bridgehead atoms. The van der Waals surface area contributed by atoms with Crippen molar-refractivity contribution >= 4 is 39.7 Å². The minimum Gasteiger partial charge on any atom is -0.347 e. The van der Waals surface area contributed by atoms with Crippen molar-refractivity contribution in [3.63, 3.8) is 0 Å². The largest absolute Gasteiger partial charge is 0.347 e. The van der Waals surface area contributed by atoms with E-state index in [1.54, 1.807) is 0 Å². The van der Waals surface area contributed by atoms with Crippen molar-refractivity contribution < 1.29 is 4.79 Å². The van der Waals surface area contributed by atoms with Crippen LogP contribution in [0.5, 0.6) is 0 Å². The van der Waals surface area contributed by atoms with Gasteiger partial charge in [0, 0.05) is 17.3 Å². The Labute approximate surface area is 149 Å². The van der Waals surface area contributed by atoms with Crippen LogP contribution in [-0.2, 0) is 6.54 Å². The normalized spacial score (nSPS) is 10.4. The second kappa shape index (κ2) is 7.47. The zero-order valence-corrected chi connectivity index (χ0v) is 14.6. The number of carbonyl (C=O) groups is 1. The van der Waals surface area contributed by atoms with Crippen molar-refractivity contribution in [1.82, 2.24) is 10.3 Å². The molecule has 0 fully saturated rings. The average molecular weight is 358 g/mol. The Kier molecular flexibility index (Phi) is 5.13. The van der Waals surface area contributed by atoms with Gasteiger partial charge in [0.1, 0.15) is 4.88 Å². The molecule has 2 N–H and O–H groups in total. The minimum absolute atomic E-state index is 0.124. The maximum absolute atomic E-state index is 12.4. The quantitative estimate of drug-likeness (QED) is 0.691. The number of thiazole rings is 1. The second-order valence-electron chi connectivity index (χ2n) is 5.23. The van der Waals surface area contributed by atoms with Crippen molar-refractivity contribution in [3.05, 3.63) is 75.8 Å². The fraction of sp³-hybridized carbons (Fsp3) is 0.111. The van der Waals surface area contributed by atoms with E-state index in [0.717, 1.165) is 11.3 Å². The van der Waals surface area contributed by atoms with E-state index in [9.17, 15) is 4.79 Å². The molecule has 3 rings (SSSR count). The van der Waals surface area contributed by atoms with Crippen LogP contribution in [0.25, 0.3) is 0 Å². The van der Waals surface area contributed by atoms with Gasteiger partial charge in [0.15, 0.2) is 5.13 Å². The van der Waals surface area contributed by atoms with Crippen LogP contribution in [0.3, 0.4) is 0 Å². The molecule has 0 aliphatic carbocycles. The Balaban J connectivity index is 1.65. The van der Waals surface area contributed by atoms with Gasteiger partial charge in [-0.1, -0.05) is 53.3 Å². The second-order valence-corrected chi connectivity index (χ2v) is 6.67. The van der Waals surface area contributed by atoms with Gasteiger partial charge in [0.2, 0.25) is 0 Å². The van der Waals surface area contributed by atoms with Gasteiger partial charge in [-0.2, -0.15) is 0 Å². The van der Waals surface area contributed by atoms with Crippen LogP contribution in [0.1, 0.15) is 20.9 Å². The van der Waals surface area contributed by atoms with Crippen molar-refractivity contribution in [3.8, 4) is 0 Å². The summed E-state index contributed by atoms with van der Waals surface area (Å²) >= 11 is 7.20. The molecule has 122 valence electrons. The predicted molar refractivity (Wildman–Crippen MR) is 99.2 cm³/mol. The number of aromatic nitrogens is 1. The van der Waals surface area contributed by atoms with E-state index >= 15 is 0 Å². The Morgan fingerprint density at radius 3 is 2.54 bits per heavy atom. The van der Waals surface area contributed by atoms with Crippen LogP contribution in [0, 0.1) is 6.92 Å². The third-order valence-corrected chi connectivity index (χ3v) is 4.72. The van der Waals surface area contributed by atoms with E-state index in [2.05, 4.69) is 15.6 Å². The summed E-state index contributed by atoms with van der Waals surface area (Å²) in [5.74, 6) is -0.124. The highest BCUT2D eigenvalue weighted by atomic mass is 35.5. The van der Waals surface area contributed by atoms with Gasteiger partial charge in [-0.3, -0.25) is 4.79 Å². The summed E-state index contributed by atoms with van der Waals surface area (Å²) in [6.07, 6.45) is 0. The first-order valence-corrected chi connectivity index (χ1v) is 8.63. The molecule has 0 atom stereocenters. The molecule has 0 spiro atoms. The van der Waals surface area contributed by atoms with Crippen molar-refractivity contribution in [1.29, 1.82) is 0 Å². The molecule has 2 aromatic carbocycles. The van der Waals surface area contributed by atoms with E-state index < -0.39 is 0 Å². The third-order valence-electron chi connectivity index (χ3n) is 3.39. The number of amides is 1. The molecule has 1 aromatic heterocycles. The van der Waals surface area contributed by atoms with Crippen LogP contribution in [0.2, 0.25) is 5.02 Å². The lowest BCUT2D eigenvalue weighted by Crippen LogP contribution is -2.22.